The average Bonchev–Trinajstić information content (AvgIpc) is 2.25. The Balaban J connectivity index is 2.88. The summed E-state index contributed by atoms with van der Waals surface area (Å²) in [5.74, 6) is 0.648. The van der Waals surface area contributed by atoms with Crippen LogP contribution in [-0.2, 0) is 0 Å². The smallest absolute Gasteiger partial charge is 0.128 e. The van der Waals surface area contributed by atoms with Gasteiger partial charge in [-0.15, -0.1) is 0 Å². The molecule has 17 heavy (non-hydrogen) atoms. The van der Waals surface area contributed by atoms with Crippen LogP contribution in [0.15, 0.2) is 12.3 Å². The van der Waals surface area contributed by atoms with Crippen molar-refractivity contribution >= 4 is 5.82 Å². The molecule has 0 spiro atoms. The summed E-state index contributed by atoms with van der Waals surface area (Å²) in [6, 6.07) is 2.31. The summed E-state index contributed by atoms with van der Waals surface area (Å²) < 4.78 is 0. The van der Waals surface area contributed by atoms with Crippen LogP contribution in [0.2, 0.25) is 0 Å². The molecule has 0 aliphatic heterocycles. The third kappa shape index (κ3) is 3.98. The third-order valence-electron chi connectivity index (χ3n) is 2.90. The van der Waals surface area contributed by atoms with Gasteiger partial charge in [0.15, 0.2) is 0 Å². The van der Waals surface area contributed by atoms with Crippen molar-refractivity contribution in [2.45, 2.75) is 26.3 Å². The zero-order valence-electron chi connectivity index (χ0n) is 11.3. The predicted octanol–water partition coefficient (Wildman–Crippen LogP) is 1.57. The molecular weight excluding hydrogens is 212 g/mol. The number of nitrogens with one attached hydrogen (secondary N) is 1. The average molecular weight is 236 g/mol. The number of aromatic nitrogens is 1. The van der Waals surface area contributed by atoms with Gasteiger partial charge in [0.25, 0.3) is 0 Å². The highest BCUT2D eigenvalue weighted by Gasteiger charge is 2.16. The monoisotopic (exact) mass is 236 g/mol. The number of anilines is 1. The molecule has 96 valence electrons. The van der Waals surface area contributed by atoms with Gasteiger partial charge in [-0.3, -0.25) is 0 Å². The maximum atomic E-state index is 5.99. The van der Waals surface area contributed by atoms with E-state index in [-0.39, 0.29) is 6.04 Å². The van der Waals surface area contributed by atoms with Crippen molar-refractivity contribution in [3.63, 3.8) is 0 Å². The van der Waals surface area contributed by atoms with Gasteiger partial charge >= 0.3 is 0 Å². The fraction of sp³-hybridized carbons (Fsp3) is 0.615. The van der Waals surface area contributed by atoms with E-state index in [1.807, 2.05) is 6.07 Å². The molecule has 0 radical (unpaired) electrons. The fourth-order valence-corrected chi connectivity index (χ4v) is 2.03. The molecule has 4 heteroatoms. The van der Waals surface area contributed by atoms with Crippen LogP contribution in [0.4, 0.5) is 5.82 Å². The fourth-order valence-electron chi connectivity index (χ4n) is 2.03. The summed E-state index contributed by atoms with van der Waals surface area (Å²) in [7, 11) is 4.17. The van der Waals surface area contributed by atoms with Crippen molar-refractivity contribution in [1.29, 1.82) is 0 Å². The highest BCUT2D eigenvalue weighted by molar-refractivity contribution is 5.46. The summed E-state index contributed by atoms with van der Waals surface area (Å²) >= 11 is 0. The summed E-state index contributed by atoms with van der Waals surface area (Å²) in [5, 5.41) is 3.49. The number of pyridine rings is 1. The number of nitrogens with two attached hydrogens (primary N) is 1. The zero-order valence-corrected chi connectivity index (χ0v) is 11.3. The number of aryl methyl sites for hydroxylation is 1. The Labute approximate surface area is 104 Å². The standard InChI is InChI=1S/C13H24N4/c1-5-15-11(7-9-17(3)4)12-10(2)6-8-16-13(12)14/h6,8,11,15H,5,7,9H2,1-4H3,(H2,14,16). The molecular formula is C13H24N4. The molecule has 0 saturated heterocycles. The van der Waals surface area contributed by atoms with Crippen molar-refractivity contribution in [3.8, 4) is 0 Å². The Kier molecular flexibility index (Phi) is 5.38. The summed E-state index contributed by atoms with van der Waals surface area (Å²) in [6.07, 6.45) is 2.81. The molecule has 1 heterocycles. The molecule has 0 aliphatic rings. The summed E-state index contributed by atoms with van der Waals surface area (Å²) in [4.78, 5) is 6.38. The minimum absolute atomic E-state index is 0.288. The van der Waals surface area contributed by atoms with E-state index in [0.29, 0.717) is 5.82 Å². The topological polar surface area (TPSA) is 54.2 Å². The largest absolute Gasteiger partial charge is 0.383 e. The molecule has 0 fully saturated rings. The van der Waals surface area contributed by atoms with Gasteiger partial charge < -0.3 is 16.0 Å². The van der Waals surface area contributed by atoms with E-state index in [1.165, 1.54) is 5.56 Å². The number of nitrogens with zero attached hydrogens (tertiary/aromatic N) is 2. The molecule has 4 nitrogen and oxygen atoms in total. The molecule has 0 saturated carbocycles. The third-order valence-corrected chi connectivity index (χ3v) is 2.90. The zero-order chi connectivity index (χ0) is 12.8. The van der Waals surface area contributed by atoms with Gasteiger partial charge in [-0.2, -0.15) is 0 Å². The second-order valence-electron chi connectivity index (χ2n) is 4.63. The van der Waals surface area contributed by atoms with Gasteiger partial charge in [-0.1, -0.05) is 6.92 Å². The van der Waals surface area contributed by atoms with Crippen molar-refractivity contribution in [2.24, 2.45) is 0 Å². The Morgan fingerprint density at radius 3 is 2.71 bits per heavy atom. The Morgan fingerprint density at radius 2 is 2.18 bits per heavy atom. The molecule has 3 N–H and O–H groups in total. The lowest BCUT2D eigenvalue weighted by Crippen LogP contribution is -2.27. The molecule has 0 amide bonds. The molecule has 0 aromatic carbocycles. The quantitative estimate of drug-likeness (QED) is 0.787. The number of hydrogen-bond donors (Lipinski definition) is 2. The maximum Gasteiger partial charge on any atom is 0.128 e. The van der Waals surface area contributed by atoms with Gasteiger partial charge in [0.2, 0.25) is 0 Å². The van der Waals surface area contributed by atoms with Gasteiger partial charge in [0, 0.05) is 17.8 Å². The summed E-state index contributed by atoms with van der Waals surface area (Å²) in [5.41, 5.74) is 8.35. The molecule has 1 unspecified atom stereocenters. The van der Waals surface area contributed by atoms with Crippen molar-refractivity contribution < 1.29 is 0 Å². The normalized spacial score (nSPS) is 13.0. The molecule has 0 aliphatic carbocycles. The Bertz CT molecular complexity index is 329. The van der Waals surface area contributed by atoms with Crippen LogP contribution in [-0.4, -0.2) is 37.1 Å². The Morgan fingerprint density at radius 1 is 1.47 bits per heavy atom. The lowest BCUT2D eigenvalue weighted by molar-refractivity contribution is 0.363. The highest BCUT2D eigenvalue weighted by atomic mass is 15.1. The van der Waals surface area contributed by atoms with E-state index < -0.39 is 0 Å². The maximum absolute atomic E-state index is 5.99. The molecule has 1 atom stereocenters. The predicted molar refractivity (Wildman–Crippen MR) is 73.0 cm³/mol. The molecule has 0 bridgehead atoms. The van der Waals surface area contributed by atoms with Crippen LogP contribution >= 0.6 is 0 Å². The number of rotatable bonds is 6. The van der Waals surface area contributed by atoms with Gasteiger partial charge in [0.05, 0.1) is 0 Å². The summed E-state index contributed by atoms with van der Waals surface area (Å²) in [6.45, 7) is 6.18. The first-order valence-corrected chi connectivity index (χ1v) is 6.15. The Hall–Kier alpha value is -1.13. The van der Waals surface area contributed by atoms with Crippen LogP contribution in [0.25, 0.3) is 0 Å². The first kappa shape index (κ1) is 13.9. The lowest BCUT2D eigenvalue weighted by atomic mass is 9.99. The van der Waals surface area contributed by atoms with E-state index in [4.69, 9.17) is 5.73 Å². The van der Waals surface area contributed by atoms with Gasteiger partial charge in [0.1, 0.15) is 5.82 Å². The second-order valence-corrected chi connectivity index (χ2v) is 4.63. The highest BCUT2D eigenvalue weighted by Crippen LogP contribution is 2.25. The van der Waals surface area contributed by atoms with Crippen molar-refractivity contribution in [1.82, 2.24) is 15.2 Å². The van der Waals surface area contributed by atoms with E-state index in [9.17, 15) is 0 Å². The van der Waals surface area contributed by atoms with Gasteiger partial charge in [-0.05, 0) is 52.2 Å². The molecule has 1 aromatic rings. The minimum atomic E-state index is 0.288. The lowest BCUT2D eigenvalue weighted by Gasteiger charge is -2.23. The number of nitrogen functional groups attached to an aromatic ring is 1. The van der Waals surface area contributed by atoms with E-state index in [0.717, 1.165) is 25.1 Å². The van der Waals surface area contributed by atoms with Crippen molar-refractivity contribution in [2.75, 3.05) is 32.9 Å². The van der Waals surface area contributed by atoms with E-state index in [1.54, 1.807) is 6.20 Å². The van der Waals surface area contributed by atoms with E-state index in [2.05, 4.69) is 43.1 Å². The van der Waals surface area contributed by atoms with Crippen LogP contribution in [0.5, 0.6) is 0 Å². The van der Waals surface area contributed by atoms with Crippen LogP contribution in [0.1, 0.15) is 30.5 Å². The first-order valence-electron chi connectivity index (χ1n) is 6.15. The molecule has 1 rings (SSSR count). The SMILES string of the molecule is CCNC(CCN(C)C)c1c(C)ccnc1N. The molecule has 1 aromatic heterocycles. The van der Waals surface area contributed by atoms with Crippen LogP contribution < -0.4 is 11.1 Å². The first-order chi connectivity index (χ1) is 8.06. The van der Waals surface area contributed by atoms with E-state index >= 15 is 0 Å². The van der Waals surface area contributed by atoms with Gasteiger partial charge in [-0.25, -0.2) is 4.98 Å². The number of hydrogen-bond acceptors (Lipinski definition) is 4. The minimum Gasteiger partial charge on any atom is -0.383 e. The van der Waals surface area contributed by atoms with Crippen molar-refractivity contribution in [3.05, 3.63) is 23.4 Å². The van der Waals surface area contributed by atoms with Crippen LogP contribution in [0, 0.1) is 6.92 Å². The van der Waals surface area contributed by atoms with Crippen LogP contribution in [0.3, 0.4) is 0 Å². The second kappa shape index (κ2) is 6.57.